The standard InChI is InChI=1S/C16H11ClN4O2S2/c1-9-7-24-15-18-10(6-13(22)21(9)15)8-25-16-20-19-14(23-16)11-4-2-3-5-12(11)17/h2-7H,8H2,1H3. The van der Waals surface area contributed by atoms with Gasteiger partial charge >= 0.3 is 0 Å². The van der Waals surface area contributed by atoms with E-state index in [9.17, 15) is 4.79 Å². The van der Waals surface area contributed by atoms with Crippen LogP contribution < -0.4 is 5.56 Å². The Morgan fingerprint density at radius 1 is 1.32 bits per heavy atom. The fourth-order valence-corrected chi connectivity index (χ4v) is 4.09. The third kappa shape index (κ3) is 3.20. The summed E-state index contributed by atoms with van der Waals surface area (Å²) in [6.07, 6.45) is 0. The fourth-order valence-electron chi connectivity index (χ4n) is 2.32. The quantitative estimate of drug-likeness (QED) is 0.489. The molecule has 0 amide bonds. The van der Waals surface area contributed by atoms with Crippen LogP contribution in [0, 0.1) is 6.92 Å². The Bertz CT molecular complexity index is 1120. The Kier molecular flexibility index (Phi) is 4.32. The van der Waals surface area contributed by atoms with Crippen LogP contribution in [-0.2, 0) is 5.75 Å². The summed E-state index contributed by atoms with van der Waals surface area (Å²) in [6.45, 7) is 1.88. The first-order valence-electron chi connectivity index (χ1n) is 7.30. The van der Waals surface area contributed by atoms with Crippen molar-refractivity contribution in [2.75, 3.05) is 0 Å². The lowest BCUT2D eigenvalue weighted by Gasteiger charge is -2.00. The van der Waals surface area contributed by atoms with Crippen molar-refractivity contribution in [3.05, 3.63) is 62.5 Å². The van der Waals surface area contributed by atoms with E-state index in [0.717, 1.165) is 5.69 Å². The predicted octanol–water partition coefficient (Wildman–Crippen LogP) is 4.06. The molecule has 0 atom stereocenters. The van der Waals surface area contributed by atoms with Gasteiger partial charge < -0.3 is 4.42 Å². The molecule has 0 bridgehead atoms. The van der Waals surface area contributed by atoms with E-state index in [4.69, 9.17) is 16.0 Å². The summed E-state index contributed by atoms with van der Waals surface area (Å²) in [5.41, 5.74) is 2.17. The second kappa shape index (κ2) is 6.62. The Hall–Kier alpha value is -2.16. The van der Waals surface area contributed by atoms with Gasteiger partial charge in [0.25, 0.3) is 10.8 Å². The van der Waals surface area contributed by atoms with Gasteiger partial charge in [-0.1, -0.05) is 35.5 Å². The maximum absolute atomic E-state index is 12.2. The van der Waals surface area contributed by atoms with Crippen LogP contribution in [-0.4, -0.2) is 19.6 Å². The Labute approximate surface area is 155 Å². The van der Waals surface area contributed by atoms with Gasteiger partial charge in [-0.3, -0.25) is 9.20 Å². The van der Waals surface area contributed by atoms with E-state index in [1.807, 2.05) is 30.5 Å². The van der Waals surface area contributed by atoms with Gasteiger partial charge in [-0.25, -0.2) is 4.98 Å². The molecule has 126 valence electrons. The average molecular weight is 391 g/mol. The topological polar surface area (TPSA) is 73.3 Å². The maximum atomic E-state index is 12.2. The summed E-state index contributed by atoms with van der Waals surface area (Å²) < 4.78 is 7.24. The normalized spacial score (nSPS) is 11.3. The molecule has 0 unspecified atom stereocenters. The van der Waals surface area contributed by atoms with E-state index < -0.39 is 0 Å². The van der Waals surface area contributed by atoms with E-state index in [1.54, 1.807) is 10.5 Å². The minimum absolute atomic E-state index is 0.0818. The molecule has 9 heteroatoms. The lowest BCUT2D eigenvalue weighted by Crippen LogP contribution is -2.14. The summed E-state index contributed by atoms with van der Waals surface area (Å²) in [4.78, 5) is 17.4. The van der Waals surface area contributed by atoms with Crippen LogP contribution in [0.25, 0.3) is 16.4 Å². The zero-order chi connectivity index (χ0) is 17.4. The van der Waals surface area contributed by atoms with Gasteiger partial charge in [0.2, 0.25) is 5.89 Å². The molecule has 3 aromatic heterocycles. The monoisotopic (exact) mass is 390 g/mol. The first-order valence-corrected chi connectivity index (χ1v) is 9.54. The van der Waals surface area contributed by atoms with E-state index in [2.05, 4.69) is 15.2 Å². The van der Waals surface area contributed by atoms with Crippen LogP contribution in [0.15, 0.2) is 50.1 Å². The minimum Gasteiger partial charge on any atom is -0.411 e. The zero-order valence-electron chi connectivity index (χ0n) is 13.0. The van der Waals surface area contributed by atoms with Gasteiger partial charge in [0.1, 0.15) is 0 Å². The molecule has 3 heterocycles. The number of aryl methyl sites for hydroxylation is 1. The second-order valence-corrected chi connectivity index (χ2v) is 7.39. The van der Waals surface area contributed by atoms with Gasteiger partial charge in [-0.05, 0) is 19.1 Å². The summed E-state index contributed by atoms with van der Waals surface area (Å²) in [6, 6.07) is 8.81. The molecule has 25 heavy (non-hydrogen) atoms. The van der Waals surface area contributed by atoms with Gasteiger partial charge in [-0.2, -0.15) is 0 Å². The van der Waals surface area contributed by atoms with Gasteiger partial charge in [0.15, 0.2) is 4.96 Å². The Balaban J connectivity index is 1.54. The number of rotatable bonds is 4. The second-order valence-electron chi connectivity index (χ2n) is 5.22. The number of hydrogen-bond donors (Lipinski definition) is 0. The third-order valence-electron chi connectivity index (χ3n) is 3.48. The summed E-state index contributed by atoms with van der Waals surface area (Å²) in [5, 5.41) is 10.9. The molecule has 0 radical (unpaired) electrons. The first kappa shape index (κ1) is 16.3. The highest BCUT2D eigenvalue weighted by molar-refractivity contribution is 7.98. The van der Waals surface area contributed by atoms with E-state index >= 15 is 0 Å². The van der Waals surface area contributed by atoms with Crippen molar-refractivity contribution in [3.63, 3.8) is 0 Å². The van der Waals surface area contributed by atoms with Crippen molar-refractivity contribution < 1.29 is 4.42 Å². The summed E-state index contributed by atoms with van der Waals surface area (Å²) >= 11 is 8.91. The number of fused-ring (bicyclic) bond motifs is 1. The molecule has 1 aromatic carbocycles. The van der Waals surface area contributed by atoms with Crippen molar-refractivity contribution in [3.8, 4) is 11.5 Å². The van der Waals surface area contributed by atoms with Crippen molar-refractivity contribution >= 4 is 39.7 Å². The molecule has 6 nitrogen and oxygen atoms in total. The van der Waals surface area contributed by atoms with E-state index in [0.29, 0.717) is 38.1 Å². The smallest absolute Gasteiger partial charge is 0.277 e. The number of thioether (sulfide) groups is 1. The van der Waals surface area contributed by atoms with Crippen LogP contribution in [0.5, 0.6) is 0 Å². The SMILES string of the molecule is Cc1csc2nc(CSc3nnc(-c4ccccc4Cl)o3)cc(=O)n12. The van der Waals surface area contributed by atoms with E-state index in [1.165, 1.54) is 29.2 Å². The fraction of sp³-hybridized carbons (Fsp3) is 0.125. The molecule has 0 aliphatic rings. The molecule has 4 rings (SSSR count). The molecular formula is C16H11ClN4O2S2. The highest BCUT2D eigenvalue weighted by Crippen LogP contribution is 2.29. The summed E-state index contributed by atoms with van der Waals surface area (Å²) in [5.74, 6) is 0.831. The Morgan fingerprint density at radius 3 is 3.00 bits per heavy atom. The minimum atomic E-state index is -0.0818. The number of halogens is 1. The van der Waals surface area contributed by atoms with Crippen LogP contribution >= 0.6 is 34.7 Å². The van der Waals surface area contributed by atoms with Crippen LogP contribution in [0.1, 0.15) is 11.4 Å². The van der Waals surface area contributed by atoms with Crippen molar-refractivity contribution in [2.24, 2.45) is 0 Å². The highest BCUT2D eigenvalue weighted by atomic mass is 35.5. The molecular weight excluding hydrogens is 380 g/mol. The largest absolute Gasteiger partial charge is 0.411 e. The van der Waals surface area contributed by atoms with Gasteiger partial charge in [0.05, 0.1) is 16.3 Å². The lowest BCUT2D eigenvalue weighted by atomic mass is 10.2. The third-order valence-corrected chi connectivity index (χ3v) is 5.61. The number of hydrogen-bond acceptors (Lipinski definition) is 7. The molecule has 4 aromatic rings. The molecule has 0 aliphatic carbocycles. The molecule has 0 fully saturated rings. The van der Waals surface area contributed by atoms with Gasteiger partial charge in [0, 0.05) is 22.9 Å². The van der Waals surface area contributed by atoms with Crippen LogP contribution in [0.4, 0.5) is 0 Å². The van der Waals surface area contributed by atoms with Crippen molar-refractivity contribution in [1.29, 1.82) is 0 Å². The maximum Gasteiger partial charge on any atom is 0.277 e. The predicted molar refractivity (Wildman–Crippen MR) is 98.4 cm³/mol. The zero-order valence-corrected chi connectivity index (χ0v) is 15.4. The number of aromatic nitrogens is 4. The summed E-state index contributed by atoms with van der Waals surface area (Å²) in [7, 11) is 0. The molecule has 0 N–H and O–H groups in total. The van der Waals surface area contributed by atoms with Crippen LogP contribution in [0.2, 0.25) is 5.02 Å². The van der Waals surface area contributed by atoms with Crippen LogP contribution in [0.3, 0.4) is 0 Å². The molecule has 0 saturated carbocycles. The van der Waals surface area contributed by atoms with Gasteiger partial charge in [-0.15, -0.1) is 21.5 Å². The number of nitrogens with zero attached hydrogens (tertiary/aromatic N) is 4. The number of thiazole rings is 1. The number of benzene rings is 1. The van der Waals surface area contributed by atoms with E-state index in [-0.39, 0.29) is 5.56 Å². The molecule has 0 aliphatic heterocycles. The molecule has 0 saturated heterocycles. The average Bonchev–Trinajstić information content (AvgIpc) is 3.21. The van der Waals surface area contributed by atoms with Crippen molar-refractivity contribution in [1.82, 2.24) is 19.6 Å². The highest BCUT2D eigenvalue weighted by Gasteiger charge is 2.13. The first-order chi connectivity index (χ1) is 12.1. The van der Waals surface area contributed by atoms with Crippen molar-refractivity contribution in [2.45, 2.75) is 17.9 Å². The Morgan fingerprint density at radius 2 is 2.16 bits per heavy atom. The molecule has 0 spiro atoms. The lowest BCUT2D eigenvalue weighted by molar-refractivity contribution is 0.466.